The van der Waals surface area contributed by atoms with Gasteiger partial charge in [-0.2, -0.15) is 0 Å². The first-order valence-electron chi connectivity index (χ1n) is 7.29. The number of ketones is 1. The van der Waals surface area contributed by atoms with Crippen molar-refractivity contribution in [3.05, 3.63) is 39.9 Å². The van der Waals surface area contributed by atoms with Gasteiger partial charge in [-0.05, 0) is 44.7 Å². The summed E-state index contributed by atoms with van der Waals surface area (Å²) in [6, 6.07) is 5.71. The number of rotatable bonds is 10. The first-order chi connectivity index (χ1) is 10.1. The lowest BCUT2D eigenvalue weighted by Crippen LogP contribution is -2.29. The van der Waals surface area contributed by atoms with Crippen LogP contribution in [-0.4, -0.2) is 48.3 Å². The average molecular weight is 293 g/mol. The molecule has 0 saturated carbocycles. The number of benzene rings is 1. The van der Waals surface area contributed by atoms with Crippen LogP contribution in [0.25, 0.3) is 0 Å². The minimum Gasteiger partial charge on any atom is -0.310 e. The minimum atomic E-state index is -0.473. The van der Waals surface area contributed by atoms with E-state index in [0.29, 0.717) is 5.56 Å². The van der Waals surface area contributed by atoms with Crippen molar-refractivity contribution >= 4 is 11.5 Å². The van der Waals surface area contributed by atoms with Gasteiger partial charge in [0.15, 0.2) is 5.78 Å². The molecule has 1 rings (SSSR count). The Balaban J connectivity index is 2.29. The zero-order valence-corrected chi connectivity index (χ0v) is 12.7. The summed E-state index contributed by atoms with van der Waals surface area (Å²) in [5.41, 5.74) is 0.496. The molecule has 0 aliphatic heterocycles. The maximum atomic E-state index is 11.9. The Hall–Kier alpha value is -1.79. The highest BCUT2D eigenvalue weighted by Crippen LogP contribution is 2.11. The molecule has 0 saturated heterocycles. The molecule has 0 unspecified atom stereocenters. The lowest BCUT2D eigenvalue weighted by atomic mass is 10.1. The van der Waals surface area contributed by atoms with E-state index in [2.05, 4.69) is 24.1 Å². The third kappa shape index (κ3) is 6.01. The molecule has 0 fully saturated rings. The topological polar surface area (TPSA) is 75.5 Å². The molecule has 0 bridgehead atoms. The van der Waals surface area contributed by atoms with E-state index in [1.165, 1.54) is 24.3 Å². The van der Waals surface area contributed by atoms with E-state index < -0.39 is 4.92 Å². The number of nitrogens with one attached hydrogen (secondary N) is 1. The van der Waals surface area contributed by atoms with E-state index in [0.717, 1.165) is 32.6 Å². The number of hydrogen-bond donors (Lipinski definition) is 1. The molecule has 0 spiro atoms. The molecule has 0 atom stereocenters. The summed E-state index contributed by atoms with van der Waals surface area (Å²) in [6.45, 7) is 8.41. The molecule has 0 aliphatic carbocycles. The first kappa shape index (κ1) is 17.3. The molecule has 116 valence electrons. The van der Waals surface area contributed by atoms with Crippen LogP contribution in [0, 0.1) is 10.1 Å². The van der Waals surface area contributed by atoms with Gasteiger partial charge in [-0.25, -0.2) is 0 Å². The summed E-state index contributed by atoms with van der Waals surface area (Å²) in [6.07, 6.45) is 0.995. The summed E-state index contributed by atoms with van der Waals surface area (Å²) in [5, 5.41) is 13.6. The SMILES string of the molecule is CCN(CC)CCCNCC(=O)c1ccc([N+](=O)[O-])cc1. The van der Waals surface area contributed by atoms with Crippen LogP contribution in [-0.2, 0) is 0 Å². The maximum absolute atomic E-state index is 11.9. The Morgan fingerprint density at radius 2 is 1.86 bits per heavy atom. The van der Waals surface area contributed by atoms with Crippen molar-refractivity contribution in [2.24, 2.45) is 0 Å². The van der Waals surface area contributed by atoms with Crippen molar-refractivity contribution in [3.63, 3.8) is 0 Å². The van der Waals surface area contributed by atoms with Crippen LogP contribution < -0.4 is 5.32 Å². The Bertz CT molecular complexity index is 456. The number of hydrogen-bond acceptors (Lipinski definition) is 5. The number of carbonyl (C=O) groups is 1. The van der Waals surface area contributed by atoms with E-state index in [-0.39, 0.29) is 18.0 Å². The van der Waals surface area contributed by atoms with Gasteiger partial charge in [0.05, 0.1) is 11.5 Å². The molecule has 1 aromatic rings. The molecule has 0 heterocycles. The minimum absolute atomic E-state index is 0.00117. The molecule has 6 heteroatoms. The second-order valence-electron chi connectivity index (χ2n) is 4.78. The first-order valence-corrected chi connectivity index (χ1v) is 7.29. The van der Waals surface area contributed by atoms with Gasteiger partial charge in [-0.15, -0.1) is 0 Å². The van der Waals surface area contributed by atoms with Gasteiger partial charge in [0.1, 0.15) is 0 Å². The average Bonchev–Trinajstić information content (AvgIpc) is 2.50. The molecular weight excluding hydrogens is 270 g/mol. The van der Waals surface area contributed by atoms with Crippen molar-refractivity contribution in [1.82, 2.24) is 10.2 Å². The third-order valence-corrected chi connectivity index (χ3v) is 3.41. The van der Waals surface area contributed by atoms with E-state index in [1.54, 1.807) is 0 Å². The predicted octanol–water partition coefficient (Wildman–Crippen LogP) is 2.10. The number of nitro benzene ring substituents is 1. The fraction of sp³-hybridized carbons (Fsp3) is 0.533. The summed E-state index contributed by atoms with van der Waals surface area (Å²) in [7, 11) is 0. The number of Topliss-reactive ketones (excluding diaryl/α,β-unsaturated/α-hetero) is 1. The Labute approximate surface area is 125 Å². The molecule has 6 nitrogen and oxygen atoms in total. The van der Waals surface area contributed by atoms with Crippen LogP contribution in [0.15, 0.2) is 24.3 Å². The van der Waals surface area contributed by atoms with E-state index in [9.17, 15) is 14.9 Å². The fourth-order valence-corrected chi connectivity index (χ4v) is 2.04. The van der Waals surface area contributed by atoms with Crippen LogP contribution >= 0.6 is 0 Å². The van der Waals surface area contributed by atoms with Crippen LogP contribution in [0.3, 0.4) is 0 Å². The number of nitro groups is 1. The second-order valence-corrected chi connectivity index (χ2v) is 4.78. The quantitative estimate of drug-likeness (QED) is 0.309. The van der Waals surface area contributed by atoms with Crippen molar-refractivity contribution in [1.29, 1.82) is 0 Å². The standard InChI is InChI=1S/C15H23N3O3/c1-3-17(4-2)11-5-10-16-12-15(19)13-6-8-14(9-7-13)18(20)21/h6-9,16H,3-5,10-12H2,1-2H3. The van der Waals surface area contributed by atoms with Gasteiger partial charge >= 0.3 is 0 Å². The Morgan fingerprint density at radius 3 is 2.38 bits per heavy atom. The summed E-state index contributed by atoms with van der Waals surface area (Å²) in [4.78, 5) is 24.3. The van der Waals surface area contributed by atoms with E-state index in [4.69, 9.17) is 0 Å². The predicted molar refractivity (Wildman–Crippen MR) is 82.7 cm³/mol. The highest BCUT2D eigenvalue weighted by atomic mass is 16.6. The van der Waals surface area contributed by atoms with Crippen LogP contribution in [0.5, 0.6) is 0 Å². The van der Waals surface area contributed by atoms with E-state index >= 15 is 0 Å². The van der Waals surface area contributed by atoms with Gasteiger partial charge in [0.2, 0.25) is 0 Å². The molecule has 1 N–H and O–H groups in total. The molecule has 0 amide bonds. The Morgan fingerprint density at radius 1 is 1.24 bits per heavy atom. The van der Waals surface area contributed by atoms with Crippen molar-refractivity contribution in [2.75, 3.05) is 32.7 Å². The van der Waals surface area contributed by atoms with E-state index in [1.807, 2.05) is 0 Å². The van der Waals surface area contributed by atoms with Gasteiger partial charge in [0, 0.05) is 17.7 Å². The smallest absolute Gasteiger partial charge is 0.269 e. The summed E-state index contributed by atoms with van der Waals surface area (Å²) >= 11 is 0. The lowest BCUT2D eigenvalue weighted by molar-refractivity contribution is -0.384. The monoisotopic (exact) mass is 293 g/mol. The van der Waals surface area contributed by atoms with Crippen LogP contribution in [0.4, 0.5) is 5.69 Å². The highest BCUT2D eigenvalue weighted by molar-refractivity contribution is 5.97. The third-order valence-electron chi connectivity index (χ3n) is 3.41. The largest absolute Gasteiger partial charge is 0.310 e. The van der Waals surface area contributed by atoms with Gasteiger partial charge in [0.25, 0.3) is 5.69 Å². The molecule has 1 aromatic carbocycles. The molecule has 0 aromatic heterocycles. The fourth-order valence-electron chi connectivity index (χ4n) is 2.04. The summed E-state index contributed by atoms with van der Waals surface area (Å²) < 4.78 is 0. The maximum Gasteiger partial charge on any atom is 0.269 e. The van der Waals surface area contributed by atoms with Crippen molar-refractivity contribution in [2.45, 2.75) is 20.3 Å². The summed E-state index contributed by atoms with van der Waals surface area (Å²) in [5.74, 6) is -0.0484. The molecular formula is C15H23N3O3. The lowest BCUT2D eigenvalue weighted by Gasteiger charge is -2.17. The zero-order chi connectivity index (χ0) is 15.7. The number of nitrogens with zero attached hydrogens (tertiary/aromatic N) is 2. The zero-order valence-electron chi connectivity index (χ0n) is 12.7. The normalized spacial score (nSPS) is 10.8. The second kappa shape index (κ2) is 9.20. The Kier molecular flexibility index (Phi) is 7.56. The van der Waals surface area contributed by atoms with Crippen molar-refractivity contribution in [3.8, 4) is 0 Å². The number of carbonyl (C=O) groups excluding carboxylic acids is 1. The molecule has 0 aliphatic rings. The molecule has 21 heavy (non-hydrogen) atoms. The van der Waals surface area contributed by atoms with Gasteiger partial charge < -0.3 is 10.2 Å². The number of non-ortho nitro benzene ring substituents is 1. The molecule has 0 radical (unpaired) electrons. The van der Waals surface area contributed by atoms with Crippen LogP contribution in [0.1, 0.15) is 30.6 Å². The highest BCUT2D eigenvalue weighted by Gasteiger charge is 2.09. The van der Waals surface area contributed by atoms with Crippen LogP contribution in [0.2, 0.25) is 0 Å². The van der Waals surface area contributed by atoms with Crippen molar-refractivity contribution < 1.29 is 9.72 Å². The van der Waals surface area contributed by atoms with Gasteiger partial charge in [-0.1, -0.05) is 13.8 Å². The van der Waals surface area contributed by atoms with Gasteiger partial charge in [-0.3, -0.25) is 14.9 Å².